The molecular weight excluding hydrogens is 357 g/mol. The minimum absolute atomic E-state index is 0.130. The van der Waals surface area contributed by atoms with E-state index >= 15 is 0 Å². The van der Waals surface area contributed by atoms with Crippen molar-refractivity contribution in [3.8, 4) is 0 Å². The third-order valence-corrected chi connectivity index (χ3v) is 3.24. The number of carbonyl (C=O) groups excluding carboxylic acids is 1. The number of hydrogen-bond acceptors (Lipinski definition) is 2. The van der Waals surface area contributed by atoms with Crippen LogP contribution in [0.4, 0.5) is 4.39 Å². The van der Waals surface area contributed by atoms with Crippen LogP contribution in [0.15, 0.2) is 12.1 Å². The molecule has 0 saturated carbocycles. The number of hydrogen-bond donors (Lipinski definition) is 1. The van der Waals surface area contributed by atoms with E-state index in [1.165, 1.54) is 6.07 Å². The van der Waals surface area contributed by atoms with Gasteiger partial charge in [0.05, 0.1) is 10.6 Å². The van der Waals surface area contributed by atoms with Crippen LogP contribution >= 0.6 is 34.2 Å². The third kappa shape index (κ3) is 4.40. The van der Waals surface area contributed by atoms with E-state index in [2.05, 4.69) is 5.32 Å². The van der Waals surface area contributed by atoms with Crippen molar-refractivity contribution in [1.29, 1.82) is 0 Å². The summed E-state index contributed by atoms with van der Waals surface area (Å²) in [7, 11) is 3.83. The molecule has 1 N–H and O–H groups in total. The molecule has 0 aliphatic heterocycles. The lowest BCUT2D eigenvalue weighted by Gasteiger charge is -2.11. The number of likely N-dealkylation sites (N-methyl/N-ethyl adjacent to an activating group) is 1. The maximum Gasteiger partial charge on any atom is 0.252 e. The first-order valence-corrected chi connectivity index (χ1v) is 6.45. The zero-order chi connectivity index (χ0) is 13.0. The van der Waals surface area contributed by atoms with Crippen LogP contribution in [0.3, 0.4) is 0 Å². The number of nitrogens with zero attached hydrogens (tertiary/aromatic N) is 1. The summed E-state index contributed by atoms with van der Waals surface area (Å²) in [5, 5.41) is 2.86. The second-order valence-corrected chi connectivity index (χ2v) is 5.37. The minimum Gasteiger partial charge on any atom is -0.351 e. The Morgan fingerprint density at radius 3 is 2.76 bits per heavy atom. The zero-order valence-electron chi connectivity index (χ0n) is 9.56. The Balaban J connectivity index is 2.72. The molecule has 0 bridgehead atoms. The van der Waals surface area contributed by atoms with Gasteiger partial charge < -0.3 is 10.2 Å². The highest BCUT2D eigenvalue weighted by Crippen LogP contribution is 2.21. The molecule has 1 aromatic carbocycles. The molecule has 1 amide bonds. The molecule has 0 atom stereocenters. The van der Waals surface area contributed by atoms with Crippen LogP contribution in [0, 0.1) is 9.39 Å². The van der Waals surface area contributed by atoms with Crippen molar-refractivity contribution in [2.24, 2.45) is 0 Å². The van der Waals surface area contributed by atoms with Crippen molar-refractivity contribution >= 4 is 40.1 Å². The summed E-state index contributed by atoms with van der Waals surface area (Å²) < 4.78 is 13.5. The Labute approximate surface area is 118 Å². The molecular formula is C11H13ClFIN2O. The molecule has 0 unspecified atom stereocenters. The van der Waals surface area contributed by atoms with Gasteiger partial charge in [-0.3, -0.25) is 4.79 Å². The van der Waals surface area contributed by atoms with Crippen molar-refractivity contribution in [3.63, 3.8) is 0 Å². The fourth-order valence-electron chi connectivity index (χ4n) is 1.18. The van der Waals surface area contributed by atoms with Crippen molar-refractivity contribution in [1.82, 2.24) is 10.2 Å². The van der Waals surface area contributed by atoms with E-state index in [-0.39, 0.29) is 10.9 Å². The highest BCUT2D eigenvalue weighted by atomic mass is 127. The number of carbonyl (C=O) groups is 1. The molecule has 0 aliphatic rings. The van der Waals surface area contributed by atoms with Crippen LogP contribution in [0.1, 0.15) is 10.4 Å². The first kappa shape index (κ1) is 14.7. The fraction of sp³-hybridized carbons (Fsp3) is 0.364. The van der Waals surface area contributed by atoms with Gasteiger partial charge in [-0.2, -0.15) is 0 Å². The number of nitrogens with one attached hydrogen (secondary N) is 1. The van der Waals surface area contributed by atoms with E-state index in [4.69, 9.17) is 11.6 Å². The molecule has 1 aromatic rings. The highest BCUT2D eigenvalue weighted by molar-refractivity contribution is 14.1. The van der Waals surface area contributed by atoms with Crippen LogP contribution in [0.25, 0.3) is 0 Å². The molecule has 0 aliphatic carbocycles. The highest BCUT2D eigenvalue weighted by Gasteiger charge is 2.13. The van der Waals surface area contributed by atoms with Crippen LogP contribution < -0.4 is 5.32 Å². The summed E-state index contributed by atoms with van der Waals surface area (Å²) in [6.45, 7) is 1.26. The number of rotatable bonds is 4. The summed E-state index contributed by atoms with van der Waals surface area (Å²) in [6.07, 6.45) is 0. The fourth-order valence-corrected chi connectivity index (χ4v) is 1.89. The second-order valence-electron chi connectivity index (χ2n) is 3.81. The summed E-state index contributed by atoms with van der Waals surface area (Å²) in [5.74, 6) is -0.699. The van der Waals surface area contributed by atoms with Gasteiger partial charge in [-0.1, -0.05) is 11.6 Å². The Morgan fingerprint density at radius 2 is 2.18 bits per heavy atom. The van der Waals surface area contributed by atoms with Crippen LogP contribution in [-0.2, 0) is 0 Å². The molecule has 0 spiro atoms. The molecule has 1 rings (SSSR count). The van der Waals surface area contributed by atoms with Gasteiger partial charge in [0.2, 0.25) is 0 Å². The average Bonchev–Trinajstić information content (AvgIpc) is 2.22. The van der Waals surface area contributed by atoms with Gasteiger partial charge in [0.1, 0.15) is 5.82 Å². The SMILES string of the molecule is CN(C)CCNC(=O)c1cc(I)c(F)cc1Cl. The first-order valence-electron chi connectivity index (χ1n) is 4.99. The van der Waals surface area contributed by atoms with Crippen molar-refractivity contribution < 1.29 is 9.18 Å². The van der Waals surface area contributed by atoms with E-state index in [9.17, 15) is 9.18 Å². The molecule has 3 nitrogen and oxygen atoms in total. The summed E-state index contributed by atoms with van der Waals surface area (Å²) in [4.78, 5) is 13.7. The van der Waals surface area contributed by atoms with E-state index in [1.54, 1.807) is 0 Å². The molecule has 0 aromatic heterocycles. The maximum atomic E-state index is 13.2. The monoisotopic (exact) mass is 370 g/mol. The molecule has 0 radical (unpaired) electrons. The minimum atomic E-state index is -0.416. The van der Waals surface area contributed by atoms with E-state index in [1.807, 2.05) is 41.6 Å². The van der Waals surface area contributed by atoms with Crippen molar-refractivity contribution in [2.45, 2.75) is 0 Å². The van der Waals surface area contributed by atoms with Gasteiger partial charge >= 0.3 is 0 Å². The van der Waals surface area contributed by atoms with Crippen LogP contribution in [-0.4, -0.2) is 38.0 Å². The lowest BCUT2D eigenvalue weighted by atomic mass is 10.2. The lowest BCUT2D eigenvalue weighted by molar-refractivity contribution is 0.0951. The lowest BCUT2D eigenvalue weighted by Crippen LogP contribution is -2.31. The Morgan fingerprint density at radius 1 is 1.53 bits per heavy atom. The molecule has 0 fully saturated rings. The Hall–Kier alpha value is -0.400. The number of benzene rings is 1. The normalized spacial score (nSPS) is 10.7. The van der Waals surface area contributed by atoms with Gasteiger partial charge in [0.15, 0.2) is 0 Å². The smallest absolute Gasteiger partial charge is 0.252 e. The average molecular weight is 371 g/mol. The van der Waals surface area contributed by atoms with Crippen molar-refractivity contribution in [2.75, 3.05) is 27.2 Å². The summed E-state index contributed by atoms with van der Waals surface area (Å²) in [6, 6.07) is 2.60. The maximum absolute atomic E-state index is 13.2. The van der Waals surface area contributed by atoms with E-state index < -0.39 is 5.82 Å². The first-order chi connectivity index (χ1) is 7.91. The molecule has 0 heterocycles. The van der Waals surface area contributed by atoms with Crippen LogP contribution in [0.2, 0.25) is 5.02 Å². The number of amides is 1. The molecule has 6 heteroatoms. The van der Waals surface area contributed by atoms with Gasteiger partial charge in [-0.05, 0) is 48.8 Å². The van der Waals surface area contributed by atoms with Crippen molar-refractivity contribution in [3.05, 3.63) is 32.1 Å². The molecule has 0 saturated heterocycles. The summed E-state index contributed by atoms with van der Waals surface area (Å²) in [5.41, 5.74) is 0.302. The number of halogens is 3. The second kappa shape index (κ2) is 6.51. The molecule has 94 valence electrons. The van der Waals surface area contributed by atoms with Gasteiger partial charge in [-0.15, -0.1) is 0 Å². The topological polar surface area (TPSA) is 32.3 Å². The predicted molar refractivity (Wildman–Crippen MR) is 75.0 cm³/mol. The summed E-state index contributed by atoms with van der Waals surface area (Å²) >= 11 is 7.65. The Kier molecular flexibility index (Phi) is 5.61. The quantitative estimate of drug-likeness (QED) is 0.652. The van der Waals surface area contributed by atoms with Gasteiger partial charge in [0, 0.05) is 16.7 Å². The predicted octanol–water partition coefficient (Wildman–Crippen LogP) is 2.38. The third-order valence-electron chi connectivity index (χ3n) is 2.10. The Bertz CT molecular complexity index is 426. The zero-order valence-corrected chi connectivity index (χ0v) is 12.5. The molecule has 17 heavy (non-hydrogen) atoms. The van der Waals surface area contributed by atoms with E-state index in [0.29, 0.717) is 15.7 Å². The van der Waals surface area contributed by atoms with E-state index in [0.717, 1.165) is 12.6 Å². The standard InChI is InChI=1S/C11H13ClFIN2O/c1-16(2)4-3-15-11(17)7-5-10(14)9(13)6-8(7)12/h5-6H,3-4H2,1-2H3,(H,15,17). The largest absolute Gasteiger partial charge is 0.351 e. The van der Waals surface area contributed by atoms with Gasteiger partial charge in [0.25, 0.3) is 5.91 Å². The van der Waals surface area contributed by atoms with Crippen LogP contribution in [0.5, 0.6) is 0 Å². The van der Waals surface area contributed by atoms with Gasteiger partial charge in [-0.25, -0.2) is 4.39 Å².